The molecule has 4 N–H and O–H groups in total. The molecule has 0 heterocycles. The van der Waals surface area contributed by atoms with Crippen LogP contribution in [0.15, 0.2) is 84.9 Å². The van der Waals surface area contributed by atoms with Crippen molar-refractivity contribution in [3.63, 3.8) is 0 Å². The third-order valence-corrected chi connectivity index (χ3v) is 15.6. The zero-order valence-electron chi connectivity index (χ0n) is 45.0. The lowest BCUT2D eigenvalue weighted by atomic mass is 9.61. The summed E-state index contributed by atoms with van der Waals surface area (Å²) in [6.07, 6.45) is 21.5. The molecule has 0 bridgehead atoms. The minimum absolute atomic E-state index is 0.199. The molecule has 2 amide bonds. The molecular formula is C64H88N4O4. The van der Waals surface area contributed by atoms with E-state index in [0.29, 0.717) is 11.4 Å². The zero-order chi connectivity index (χ0) is 51.0. The molecule has 0 atom stereocenters. The van der Waals surface area contributed by atoms with Crippen molar-refractivity contribution in [2.75, 3.05) is 46.6 Å². The van der Waals surface area contributed by atoms with E-state index in [0.717, 1.165) is 117 Å². The van der Waals surface area contributed by atoms with Crippen molar-refractivity contribution in [3.05, 3.63) is 96.1 Å². The number of fused-ring (bicyclic) bond motifs is 4. The van der Waals surface area contributed by atoms with E-state index in [1.165, 1.54) is 103 Å². The lowest BCUT2D eigenvalue weighted by molar-refractivity contribution is -0.115. The Bertz CT molecular complexity index is 2490. The van der Waals surface area contributed by atoms with Crippen LogP contribution >= 0.6 is 0 Å². The average molecular weight is 977 g/mol. The number of carbonyl (C=O) groups excluding carboxylic acids is 2. The lowest BCUT2D eigenvalue weighted by Gasteiger charge is -2.49. The van der Waals surface area contributed by atoms with Crippen molar-refractivity contribution in [1.29, 1.82) is 0 Å². The predicted octanol–water partition coefficient (Wildman–Crippen LogP) is 16.3. The Labute approximate surface area is 432 Å². The summed E-state index contributed by atoms with van der Waals surface area (Å²) >= 11 is 0. The van der Waals surface area contributed by atoms with Crippen molar-refractivity contribution >= 4 is 77.7 Å². The van der Waals surface area contributed by atoms with Crippen LogP contribution in [0.25, 0.3) is 43.1 Å². The lowest BCUT2D eigenvalue weighted by Crippen LogP contribution is -2.52. The summed E-state index contributed by atoms with van der Waals surface area (Å²) in [4.78, 5) is 31.8. The number of anilines is 4. The largest absolute Gasteiger partial charge is 0.392 e. The van der Waals surface area contributed by atoms with E-state index in [4.69, 9.17) is 0 Å². The number of benzene rings is 6. The number of unbranched alkanes of at least 4 members (excludes halogenated alkanes) is 16. The summed E-state index contributed by atoms with van der Waals surface area (Å²) in [7, 11) is 0. The maximum Gasteiger partial charge on any atom is 0.221 e. The monoisotopic (exact) mass is 977 g/mol. The fraction of sp³-hybridized carbons (Fsp3) is 0.531. The smallest absolute Gasteiger partial charge is 0.221 e. The number of hydrogen-bond donors (Lipinski definition) is 4. The van der Waals surface area contributed by atoms with Crippen LogP contribution in [-0.2, 0) is 9.59 Å². The molecule has 0 aromatic heterocycles. The molecular weight excluding hydrogens is 889 g/mol. The number of rotatable bonds is 30. The van der Waals surface area contributed by atoms with Gasteiger partial charge in [-0.2, -0.15) is 0 Å². The molecule has 72 heavy (non-hydrogen) atoms. The zero-order valence-corrected chi connectivity index (χ0v) is 45.0. The normalized spacial score (nSPS) is 16.7. The molecule has 1 saturated carbocycles. The maximum atomic E-state index is 13.3. The van der Waals surface area contributed by atoms with Gasteiger partial charge in [-0.05, 0) is 106 Å². The van der Waals surface area contributed by atoms with Crippen LogP contribution in [0.3, 0.4) is 0 Å². The summed E-state index contributed by atoms with van der Waals surface area (Å²) in [5.74, 6) is -1.85. The number of aliphatic hydroxyl groups excluding tert-OH is 2. The summed E-state index contributed by atoms with van der Waals surface area (Å²) in [5.41, 5.74) is 4.92. The predicted molar refractivity (Wildman–Crippen MR) is 308 cm³/mol. The van der Waals surface area contributed by atoms with Crippen LogP contribution in [-0.4, -0.2) is 60.4 Å². The Morgan fingerprint density at radius 2 is 0.694 bits per heavy atom. The number of nitrogens with one attached hydrogen (secondary N) is 2. The fourth-order valence-electron chi connectivity index (χ4n) is 11.8. The van der Waals surface area contributed by atoms with Gasteiger partial charge in [-0.15, -0.1) is 0 Å². The van der Waals surface area contributed by atoms with Gasteiger partial charge in [0.05, 0.1) is 12.2 Å². The highest BCUT2D eigenvalue weighted by atomic mass is 16.3. The minimum atomic E-state index is -1.04. The van der Waals surface area contributed by atoms with E-state index in [1.54, 1.807) is 13.8 Å². The second-order valence-corrected chi connectivity index (χ2v) is 21.2. The SMILES string of the molecule is CCCCCCCN(CCCCCCC)c1cc(NC(C)=O)c(C2C(O)C(c3c(NC(C)=O)cc(N(CCCCCCC)CCCCCCC)c4cc5ccccc5cc34)C2O)c2cc3ccccc3cc12. The number of aliphatic hydroxyl groups is 2. The molecule has 0 radical (unpaired) electrons. The molecule has 1 aliphatic rings. The first-order chi connectivity index (χ1) is 35.1. The van der Waals surface area contributed by atoms with Gasteiger partial charge >= 0.3 is 0 Å². The number of hydrogen-bond acceptors (Lipinski definition) is 6. The summed E-state index contributed by atoms with van der Waals surface area (Å²) in [6, 6.07) is 30.1. The molecule has 0 aliphatic heterocycles. The Morgan fingerprint density at radius 1 is 0.417 bits per heavy atom. The van der Waals surface area contributed by atoms with Gasteiger partial charge in [0, 0.05) is 85.4 Å². The Morgan fingerprint density at radius 3 is 0.972 bits per heavy atom. The van der Waals surface area contributed by atoms with Crippen LogP contribution in [0.4, 0.5) is 22.7 Å². The first kappa shape index (κ1) is 54.6. The van der Waals surface area contributed by atoms with E-state index in [1.807, 2.05) is 0 Å². The number of carbonyl (C=O) groups is 2. The van der Waals surface area contributed by atoms with Gasteiger partial charge in [0.25, 0.3) is 0 Å². The summed E-state index contributed by atoms with van der Waals surface area (Å²) in [5, 5.41) is 40.8. The van der Waals surface area contributed by atoms with E-state index in [9.17, 15) is 19.8 Å². The second-order valence-electron chi connectivity index (χ2n) is 21.2. The molecule has 8 nitrogen and oxygen atoms in total. The van der Waals surface area contributed by atoms with Crippen molar-refractivity contribution in [2.45, 2.75) is 194 Å². The van der Waals surface area contributed by atoms with Crippen LogP contribution in [0.1, 0.15) is 193 Å². The first-order valence-corrected chi connectivity index (χ1v) is 28.5. The highest BCUT2D eigenvalue weighted by molar-refractivity contribution is 6.11. The van der Waals surface area contributed by atoms with E-state index in [2.05, 4.69) is 133 Å². The van der Waals surface area contributed by atoms with Crippen molar-refractivity contribution in [1.82, 2.24) is 0 Å². The van der Waals surface area contributed by atoms with Crippen molar-refractivity contribution in [3.8, 4) is 0 Å². The van der Waals surface area contributed by atoms with Gasteiger partial charge in [0.1, 0.15) is 0 Å². The third-order valence-electron chi connectivity index (χ3n) is 15.6. The summed E-state index contributed by atoms with van der Waals surface area (Å²) < 4.78 is 0. The minimum Gasteiger partial charge on any atom is -0.392 e. The van der Waals surface area contributed by atoms with Gasteiger partial charge in [0.15, 0.2) is 0 Å². The third kappa shape index (κ3) is 13.3. The van der Waals surface area contributed by atoms with Gasteiger partial charge in [-0.1, -0.05) is 179 Å². The van der Waals surface area contributed by atoms with E-state index < -0.39 is 24.0 Å². The van der Waals surface area contributed by atoms with Gasteiger partial charge in [0.2, 0.25) is 11.8 Å². The molecule has 0 spiro atoms. The van der Waals surface area contributed by atoms with Crippen molar-refractivity contribution in [2.24, 2.45) is 0 Å². The molecule has 8 heteroatoms. The van der Waals surface area contributed by atoms with E-state index in [-0.39, 0.29) is 11.8 Å². The fourth-order valence-corrected chi connectivity index (χ4v) is 11.8. The van der Waals surface area contributed by atoms with Crippen LogP contribution in [0.5, 0.6) is 0 Å². The molecule has 388 valence electrons. The van der Waals surface area contributed by atoms with Gasteiger partial charge in [-0.3, -0.25) is 9.59 Å². The highest BCUT2D eigenvalue weighted by Crippen LogP contribution is 2.56. The molecule has 0 unspecified atom stereocenters. The van der Waals surface area contributed by atoms with Crippen LogP contribution in [0, 0.1) is 0 Å². The standard InChI is InChI=1S/C64H88N4O4/c1-7-11-15-19-27-35-67(36-28-20-16-12-8-2)57-43-55(65-45(5)69)59(53-41-49-33-25-23-31-47(49)39-51(53)57)61-63(71)62(64(61)72)60-54-42-50-34-26-24-32-48(50)40-52(54)58(44-56(60)66-46(6)70)68(37-29-21-17-13-9-3)38-30-22-18-14-10-4/h23-26,31-34,39-44,61-64,71-72H,7-22,27-30,35-38H2,1-6H3,(H,65,69)(H,66,70). The van der Waals surface area contributed by atoms with Crippen LogP contribution < -0.4 is 20.4 Å². The maximum absolute atomic E-state index is 13.3. The molecule has 1 fully saturated rings. The Balaban J connectivity index is 1.38. The Hall–Kier alpha value is -5.18. The van der Waals surface area contributed by atoms with Crippen molar-refractivity contribution < 1.29 is 19.8 Å². The second kappa shape index (κ2) is 27.2. The summed E-state index contributed by atoms with van der Waals surface area (Å²) in [6.45, 7) is 15.8. The Kier molecular flexibility index (Phi) is 20.6. The van der Waals surface area contributed by atoms with E-state index >= 15 is 0 Å². The number of amides is 2. The molecule has 7 rings (SSSR count). The first-order valence-electron chi connectivity index (χ1n) is 28.5. The van der Waals surface area contributed by atoms with Crippen LogP contribution in [0.2, 0.25) is 0 Å². The topological polar surface area (TPSA) is 105 Å². The molecule has 0 saturated heterocycles. The quantitative estimate of drug-likeness (QED) is 0.0265. The molecule has 1 aliphatic carbocycles. The molecule has 6 aromatic carbocycles. The number of nitrogens with zero attached hydrogens (tertiary/aromatic N) is 2. The average Bonchev–Trinajstić information content (AvgIpc) is 3.37. The highest BCUT2D eigenvalue weighted by Gasteiger charge is 2.53. The van der Waals surface area contributed by atoms with Gasteiger partial charge in [-0.25, -0.2) is 0 Å². The van der Waals surface area contributed by atoms with Gasteiger partial charge < -0.3 is 30.6 Å². The molecule has 6 aromatic rings.